The van der Waals surface area contributed by atoms with Crippen LogP contribution >= 0.6 is 11.6 Å². The average molecular weight is 241 g/mol. The minimum Gasteiger partial charge on any atom is -0.465 e. The number of amides is 1. The highest BCUT2D eigenvalue weighted by atomic mass is 35.5. The van der Waals surface area contributed by atoms with Crippen LogP contribution in [0.25, 0.3) is 0 Å². The summed E-state index contributed by atoms with van der Waals surface area (Å²) in [5, 5.41) is 2.78. The Bertz CT molecular complexity index is 393. The monoisotopic (exact) mass is 240 g/mol. The third kappa shape index (κ3) is 3.90. The van der Waals surface area contributed by atoms with E-state index in [0.29, 0.717) is 17.2 Å². The van der Waals surface area contributed by atoms with E-state index in [4.69, 9.17) is 11.6 Å². The van der Waals surface area contributed by atoms with Crippen molar-refractivity contribution in [1.29, 1.82) is 0 Å². The van der Waals surface area contributed by atoms with Crippen molar-refractivity contribution < 1.29 is 14.3 Å². The fraction of sp³-hybridized carbons (Fsp3) is 0.273. The number of esters is 1. The zero-order valence-corrected chi connectivity index (χ0v) is 9.50. The lowest BCUT2D eigenvalue weighted by molar-refractivity contribution is -0.141. The van der Waals surface area contributed by atoms with Crippen LogP contribution in [-0.4, -0.2) is 25.0 Å². The van der Waals surface area contributed by atoms with Gasteiger partial charge in [0.1, 0.15) is 6.54 Å². The molecule has 0 aliphatic rings. The minimum absolute atomic E-state index is 0.150. The smallest absolute Gasteiger partial charge is 0.325 e. The molecular weight excluding hydrogens is 230 g/mol. The molecule has 1 aromatic rings. The van der Waals surface area contributed by atoms with E-state index >= 15 is 0 Å². The van der Waals surface area contributed by atoms with Crippen LogP contribution in [0.1, 0.15) is 17.3 Å². The van der Waals surface area contributed by atoms with Crippen molar-refractivity contribution in [1.82, 2.24) is 5.32 Å². The molecule has 0 bridgehead atoms. The van der Waals surface area contributed by atoms with Crippen LogP contribution in [0.2, 0.25) is 5.02 Å². The summed E-state index contributed by atoms with van der Waals surface area (Å²) in [7, 11) is 0. The molecule has 16 heavy (non-hydrogen) atoms. The molecule has 1 radical (unpaired) electrons. The number of rotatable bonds is 4. The Balaban J connectivity index is 2.50. The van der Waals surface area contributed by atoms with E-state index < -0.39 is 5.97 Å². The summed E-state index contributed by atoms with van der Waals surface area (Å²) in [6.07, 6.45) is 0. The number of carbonyl (C=O) groups is 2. The van der Waals surface area contributed by atoms with Gasteiger partial charge in [-0.1, -0.05) is 17.7 Å². The number of carbonyl (C=O) groups excluding carboxylic acids is 2. The van der Waals surface area contributed by atoms with Crippen LogP contribution in [0.5, 0.6) is 0 Å². The zero-order valence-electron chi connectivity index (χ0n) is 8.75. The van der Waals surface area contributed by atoms with E-state index in [9.17, 15) is 9.59 Å². The van der Waals surface area contributed by atoms with E-state index in [2.05, 4.69) is 16.1 Å². The molecule has 0 saturated heterocycles. The molecule has 85 valence electrons. The highest BCUT2D eigenvalue weighted by molar-refractivity contribution is 6.30. The summed E-state index contributed by atoms with van der Waals surface area (Å²) in [5.74, 6) is -0.839. The standard InChI is InChI=1S/C11H11ClNO3/c1-2-16-10(14)7-13-11(15)8-4-3-5-9(12)6-8/h3-4,6H,2,7H2,1H3,(H,13,15). The number of hydrogen-bond acceptors (Lipinski definition) is 3. The summed E-state index contributed by atoms with van der Waals surface area (Å²) in [5.41, 5.74) is 0.382. The number of hydrogen-bond donors (Lipinski definition) is 1. The molecule has 0 aliphatic carbocycles. The van der Waals surface area contributed by atoms with Crippen molar-refractivity contribution >= 4 is 23.5 Å². The van der Waals surface area contributed by atoms with Gasteiger partial charge in [0, 0.05) is 16.7 Å². The Morgan fingerprint density at radius 1 is 1.56 bits per heavy atom. The minimum atomic E-state index is -0.468. The zero-order chi connectivity index (χ0) is 12.0. The van der Waals surface area contributed by atoms with Crippen LogP contribution < -0.4 is 5.32 Å². The van der Waals surface area contributed by atoms with Gasteiger partial charge < -0.3 is 10.1 Å². The summed E-state index contributed by atoms with van der Waals surface area (Å²) >= 11 is 5.67. The average Bonchev–Trinajstić information content (AvgIpc) is 2.26. The molecule has 0 heterocycles. The maximum atomic E-state index is 11.5. The van der Waals surface area contributed by atoms with Gasteiger partial charge in [0.15, 0.2) is 0 Å². The van der Waals surface area contributed by atoms with Crippen molar-refractivity contribution in [3.63, 3.8) is 0 Å². The lowest BCUT2D eigenvalue weighted by Crippen LogP contribution is -2.30. The molecule has 0 aromatic heterocycles. The van der Waals surface area contributed by atoms with Crippen molar-refractivity contribution in [2.75, 3.05) is 13.2 Å². The van der Waals surface area contributed by atoms with E-state index in [0.717, 1.165) is 0 Å². The maximum Gasteiger partial charge on any atom is 0.325 e. The highest BCUT2D eigenvalue weighted by Gasteiger charge is 2.08. The molecular formula is C11H11ClNO3. The van der Waals surface area contributed by atoms with Crippen LogP contribution in [0.15, 0.2) is 18.2 Å². The first-order valence-corrected chi connectivity index (χ1v) is 5.12. The van der Waals surface area contributed by atoms with Gasteiger partial charge in [-0.15, -0.1) is 0 Å². The van der Waals surface area contributed by atoms with Crippen LogP contribution in [0.3, 0.4) is 0 Å². The SMILES string of the molecule is CCOC(=O)CNC(=O)c1cc[c]c(Cl)c1. The first kappa shape index (κ1) is 12.5. The molecule has 5 heteroatoms. The molecule has 4 nitrogen and oxygen atoms in total. The molecule has 1 aromatic carbocycles. The first-order chi connectivity index (χ1) is 7.63. The van der Waals surface area contributed by atoms with Crippen molar-refractivity contribution in [3.8, 4) is 0 Å². The molecule has 0 saturated carbocycles. The molecule has 0 atom stereocenters. The normalized spacial score (nSPS) is 9.62. The quantitative estimate of drug-likeness (QED) is 0.810. The Kier molecular flexibility index (Phi) is 4.79. The fourth-order valence-electron chi connectivity index (χ4n) is 1.05. The van der Waals surface area contributed by atoms with Gasteiger partial charge in [0.2, 0.25) is 0 Å². The lowest BCUT2D eigenvalue weighted by atomic mass is 10.2. The van der Waals surface area contributed by atoms with Crippen molar-refractivity contribution in [2.24, 2.45) is 0 Å². The van der Waals surface area contributed by atoms with E-state index in [1.54, 1.807) is 19.1 Å². The lowest BCUT2D eigenvalue weighted by Gasteiger charge is -2.04. The molecule has 1 rings (SSSR count). The van der Waals surface area contributed by atoms with Gasteiger partial charge in [0.05, 0.1) is 6.61 Å². The fourth-order valence-corrected chi connectivity index (χ4v) is 1.23. The molecule has 0 spiro atoms. The Labute approximate surface area is 98.5 Å². The van der Waals surface area contributed by atoms with Gasteiger partial charge >= 0.3 is 5.97 Å². The molecule has 1 N–H and O–H groups in total. The maximum absolute atomic E-state index is 11.5. The van der Waals surface area contributed by atoms with E-state index in [-0.39, 0.29) is 12.5 Å². The number of benzene rings is 1. The summed E-state index contributed by atoms with van der Waals surface area (Å²) in [4.78, 5) is 22.5. The predicted octanol–water partition coefficient (Wildman–Crippen LogP) is 1.43. The second-order valence-electron chi connectivity index (χ2n) is 2.91. The third-order valence-electron chi connectivity index (χ3n) is 1.73. The second kappa shape index (κ2) is 6.12. The second-order valence-corrected chi connectivity index (χ2v) is 3.32. The summed E-state index contributed by atoms with van der Waals surface area (Å²) in [6, 6.07) is 7.28. The molecule has 0 unspecified atom stereocenters. The highest BCUT2D eigenvalue weighted by Crippen LogP contribution is 2.09. The Morgan fingerprint density at radius 3 is 2.94 bits per heavy atom. The molecule has 0 aliphatic heterocycles. The van der Waals surface area contributed by atoms with Crippen LogP contribution in [0.4, 0.5) is 0 Å². The Morgan fingerprint density at radius 2 is 2.31 bits per heavy atom. The van der Waals surface area contributed by atoms with Crippen molar-refractivity contribution in [2.45, 2.75) is 6.92 Å². The van der Waals surface area contributed by atoms with Crippen LogP contribution in [-0.2, 0) is 9.53 Å². The predicted molar refractivity (Wildman–Crippen MR) is 59.3 cm³/mol. The van der Waals surface area contributed by atoms with Gasteiger partial charge in [-0.2, -0.15) is 0 Å². The summed E-state index contributed by atoms with van der Waals surface area (Å²) in [6.45, 7) is 1.84. The molecule has 1 amide bonds. The van der Waals surface area contributed by atoms with E-state index in [1.807, 2.05) is 0 Å². The topological polar surface area (TPSA) is 55.4 Å². The van der Waals surface area contributed by atoms with Gasteiger partial charge in [-0.3, -0.25) is 9.59 Å². The van der Waals surface area contributed by atoms with Gasteiger partial charge in [0.25, 0.3) is 5.91 Å². The van der Waals surface area contributed by atoms with Crippen LogP contribution in [0, 0.1) is 6.07 Å². The number of nitrogens with one attached hydrogen (secondary N) is 1. The van der Waals surface area contributed by atoms with Gasteiger partial charge in [-0.05, 0) is 19.1 Å². The third-order valence-corrected chi connectivity index (χ3v) is 1.95. The molecule has 0 fully saturated rings. The first-order valence-electron chi connectivity index (χ1n) is 4.74. The number of ether oxygens (including phenoxy) is 1. The van der Waals surface area contributed by atoms with Crippen molar-refractivity contribution in [3.05, 3.63) is 34.9 Å². The van der Waals surface area contributed by atoms with Gasteiger partial charge in [-0.25, -0.2) is 0 Å². The summed E-state index contributed by atoms with van der Waals surface area (Å²) < 4.78 is 4.67. The Hall–Kier alpha value is -1.55. The number of halogens is 1. The van der Waals surface area contributed by atoms with E-state index in [1.165, 1.54) is 6.07 Å². The largest absolute Gasteiger partial charge is 0.465 e.